The maximum absolute atomic E-state index is 13.8. The Hall–Kier alpha value is -1.09. The Bertz CT molecular complexity index is 422. The van der Waals surface area contributed by atoms with E-state index in [2.05, 4.69) is 5.32 Å². The number of nitrogens with one attached hydrogen (secondary N) is 1. The summed E-state index contributed by atoms with van der Waals surface area (Å²) in [5.74, 6) is 0.0956. The standard InChI is InChI=1S/C14H18FNO/c1-17-12-5-4-10(9-11(12)15)14(6-7-14)13-3-2-8-16-13/h4-5,9,13,16H,2-3,6-8H2,1H3. The van der Waals surface area contributed by atoms with Crippen LogP contribution in [0, 0.1) is 5.82 Å². The van der Waals surface area contributed by atoms with Gasteiger partial charge in [0.05, 0.1) is 7.11 Å². The van der Waals surface area contributed by atoms with Gasteiger partial charge in [-0.15, -0.1) is 0 Å². The van der Waals surface area contributed by atoms with Crippen LogP contribution in [0.5, 0.6) is 5.75 Å². The average molecular weight is 235 g/mol. The Labute approximate surface area is 101 Å². The molecule has 0 aromatic heterocycles. The van der Waals surface area contributed by atoms with E-state index in [4.69, 9.17) is 4.74 Å². The van der Waals surface area contributed by atoms with Gasteiger partial charge in [0.1, 0.15) is 0 Å². The lowest BCUT2D eigenvalue weighted by molar-refractivity contribution is 0.384. The van der Waals surface area contributed by atoms with Crippen LogP contribution in [0.25, 0.3) is 0 Å². The lowest BCUT2D eigenvalue weighted by Crippen LogP contribution is -2.34. The minimum atomic E-state index is -0.241. The minimum Gasteiger partial charge on any atom is -0.494 e. The molecule has 1 saturated heterocycles. The van der Waals surface area contributed by atoms with Crippen LogP contribution < -0.4 is 10.1 Å². The molecular weight excluding hydrogens is 217 g/mol. The quantitative estimate of drug-likeness (QED) is 0.869. The molecule has 1 N–H and O–H groups in total. The van der Waals surface area contributed by atoms with Gasteiger partial charge in [-0.05, 0) is 49.9 Å². The molecule has 1 unspecified atom stereocenters. The molecule has 17 heavy (non-hydrogen) atoms. The van der Waals surface area contributed by atoms with Gasteiger partial charge in [0, 0.05) is 11.5 Å². The zero-order chi connectivity index (χ0) is 11.9. The highest BCUT2D eigenvalue weighted by atomic mass is 19.1. The molecule has 1 aromatic carbocycles. The van der Waals surface area contributed by atoms with E-state index in [1.54, 1.807) is 12.1 Å². The van der Waals surface area contributed by atoms with Crippen molar-refractivity contribution in [2.75, 3.05) is 13.7 Å². The van der Waals surface area contributed by atoms with Crippen molar-refractivity contribution < 1.29 is 9.13 Å². The third kappa shape index (κ3) is 1.73. The van der Waals surface area contributed by atoms with Crippen LogP contribution in [0.3, 0.4) is 0 Å². The first kappa shape index (κ1) is 11.0. The molecule has 1 aliphatic heterocycles. The molecule has 92 valence electrons. The number of ether oxygens (including phenoxy) is 1. The molecule has 2 fully saturated rings. The van der Waals surface area contributed by atoms with Gasteiger partial charge in [-0.25, -0.2) is 4.39 Å². The molecule has 1 aromatic rings. The van der Waals surface area contributed by atoms with Crippen molar-refractivity contribution in [2.24, 2.45) is 0 Å². The minimum absolute atomic E-state index is 0.198. The Morgan fingerprint density at radius 1 is 1.41 bits per heavy atom. The van der Waals surface area contributed by atoms with Crippen LogP contribution in [-0.4, -0.2) is 19.7 Å². The van der Waals surface area contributed by atoms with Crippen molar-refractivity contribution in [3.05, 3.63) is 29.6 Å². The third-order valence-corrected chi connectivity index (χ3v) is 4.24. The molecule has 3 rings (SSSR count). The highest BCUT2D eigenvalue weighted by Gasteiger charge is 2.51. The Kier molecular flexibility index (Phi) is 2.58. The molecule has 3 heteroatoms. The second-order valence-corrected chi connectivity index (χ2v) is 5.15. The fourth-order valence-electron chi connectivity index (χ4n) is 3.11. The van der Waals surface area contributed by atoms with E-state index in [1.807, 2.05) is 6.07 Å². The molecule has 0 bridgehead atoms. The van der Waals surface area contributed by atoms with Crippen molar-refractivity contribution in [3.8, 4) is 5.75 Å². The third-order valence-electron chi connectivity index (χ3n) is 4.24. The van der Waals surface area contributed by atoms with Crippen molar-refractivity contribution in [3.63, 3.8) is 0 Å². The molecule has 2 aliphatic rings. The first-order valence-corrected chi connectivity index (χ1v) is 6.34. The lowest BCUT2D eigenvalue weighted by Gasteiger charge is -2.24. The topological polar surface area (TPSA) is 21.3 Å². The number of rotatable bonds is 3. The summed E-state index contributed by atoms with van der Waals surface area (Å²) in [6.45, 7) is 1.10. The maximum Gasteiger partial charge on any atom is 0.165 e. The Balaban J connectivity index is 1.90. The summed E-state index contributed by atoms with van der Waals surface area (Å²) in [7, 11) is 1.50. The SMILES string of the molecule is COc1ccc(C2(C3CCCN3)CC2)cc1F. The van der Waals surface area contributed by atoms with Gasteiger partial charge in [0.2, 0.25) is 0 Å². The van der Waals surface area contributed by atoms with Crippen LogP contribution in [0.4, 0.5) is 4.39 Å². The van der Waals surface area contributed by atoms with Gasteiger partial charge in [-0.1, -0.05) is 6.07 Å². The summed E-state index contributed by atoms with van der Waals surface area (Å²) in [6.07, 6.45) is 4.81. The first-order chi connectivity index (χ1) is 8.26. The van der Waals surface area contributed by atoms with Crippen LogP contribution in [0.1, 0.15) is 31.2 Å². The summed E-state index contributed by atoms with van der Waals surface area (Å²) < 4.78 is 18.7. The Morgan fingerprint density at radius 2 is 2.24 bits per heavy atom. The van der Waals surface area contributed by atoms with Gasteiger partial charge >= 0.3 is 0 Å². The van der Waals surface area contributed by atoms with Gasteiger partial charge in [0.15, 0.2) is 11.6 Å². The van der Waals surface area contributed by atoms with E-state index in [-0.39, 0.29) is 11.2 Å². The van der Waals surface area contributed by atoms with E-state index in [0.29, 0.717) is 11.8 Å². The smallest absolute Gasteiger partial charge is 0.165 e. The fraction of sp³-hybridized carbons (Fsp3) is 0.571. The second-order valence-electron chi connectivity index (χ2n) is 5.15. The van der Waals surface area contributed by atoms with Gasteiger partial charge < -0.3 is 10.1 Å². The highest BCUT2D eigenvalue weighted by molar-refractivity contribution is 5.39. The molecule has 1 saturated carbocycles. The van der Waals surface area contributed by atoms with Crippen molar-refractivity contribution in [1.29, 1.82) is 0 Å². The number of hydrogen-bond donors (Lipinski definition) is 1. The number of halogens is 1. The number of hydrogen-bond acceptors (Lipinski definition) is 2. The molecule has 0 amide bonds. The largest absolute Gasteiger partial charge is 0.494 e. The fourth-order valence-corrected chi connectivity index (χ4v) is 3.11. The number of benzene rings is 1. The summed E-state index contributed by atoms with van der Waals surface area (Å²) >= 11 is 0. The normalized spacial score (nSPS) is 25.9. The van der Waals surface area contributed by atoms with Crippen molar-refractivity contribution >= 4 is 0 Å². The van der Waals surface area contributed by atoms with E-state index in [0.717, 1.165) is 12.1 Å². The Morgan fingerprint density at radius 3 is 2.76 bits per heavy atom. The van der Waals surface area contributed by atoms with E-state index < -0.39 is 0 Å². The van der Waals surface area contributed by atoms with Crippen LogP contribution in [0.15, 0.2) is 18.2 Å². The van der Waals surface area contributed by atoms with Crippen LogP contribution >= 0.6 is 0 Å². The average Bonchev–Trinajstić information content (AvgIpc) is 2.97. The van der Waals surface area contributed by atoms with Gasteiger partial charge in [-0.3, -0.25) is 0 Å². The maximum atomic E-state index is 13.8. The van der Waals surface area contributed by atoms with Crippen molar-refractivity contribution in [2.45, 2.75) is 37.1 Å². The van der Waals surface area contributed by atoms with Crippen LogP contribution in [-0.2, 0) is 5.41 Å². The number of methoxy groups -OCH3 is 1. The predicted molar refractivity (Wildman–Crippen MR) is 64.9 cm³/mol. The summed E-state index contributed by atoms with van der Waals surface area (Å²) in [5, 5.41) is 3.55. The van der Waals surface area contributed by atoms with E-state index in [1.165, 1.54) is 32.8 Å². The summed E-state index contributed by atoms with van der Waals surface area (Å²) in [6, 6.07) is 5.97. The first-order valence-electron chi connectivity index (χ1n) is 6.34. The molecule has 1 aliphatic carbocycles. The summed E-state index contributed by atoms with van der Waals surface area (Å²) in [5.41, 5.74) is 1.33. The monoisotopic (exact) mass is 235 g/mol. The van der Waals surface area contributed by atoms with Gasteiger partial charge in [-0.2, -0.15) is 0 Å². The van der Waals surface area contributed by atoms with E-state index in [9.17, 15) is 4.39 Å². The molecule has 1 atom stereocenters. The van der Waals surface area contributed by atoms with E-state index >= 15 is 0 Å². The molecule has 0 radical (unpaired) electrons. The molecule has 0 spiro atoms. The second kappa shape index (κ2) is 3.98. The molecular formula is C14H18FNO. The van der Waals surface area contributed by atoms with Crippen LogP contribution in [0.2, 0.25) is 0 Å². The predicted octanol–water partition coefficient (Wildman–Crippen LogP) is 2.62. The summed E-state index contributed by atoms with van der Waals surface area (Å²) in [4.78, 5) is 0. The molecule has 2 nitrogen and oxygen atoms in total. The lowest BCUT2D eigenvalue weighted by atomic mass is 9.87. The zero-order valence-corrected chi connectivity index (χ0v) is 10.1. The zero-order valence-electron chi connectivity index (χ0n) is 10.1. The van der Waals surface area contributed by atoms with Crippen molar-refractivity contribution in [1.82, 2.24) is 5.32 Å². The van der Waals surface area contributed by atoms with Gasteiger partial charge in [0.25, 0.3) is 0 Å². The molecule has 1 heterocycles. The highest BCUT2D eigenvalue weighted by Crippen LogP contribution is 2.53.